The van der Waals surface area contributed by atoms with Gasteiger partial charge in [-0.05, 0) is 82.3 Å². The molecular formula is C36H41N. The number of rotatable bonds is 9. The zero-order valence-corrected chi connectivity index (χ0v) is 23.3. The van der Waals surface area contributed by atoms with Gasteiger partial charge in [0.15, 0.2) is 0 Å². The molecule has 4 aromatic rings. The van der Waals surface area contributed by atoms with Crippen LogP contribution in [0.4, 0.5) is 17.1 Å². The van der Waals surface area contributed by atoms with Crippen LogP contribution < -0.4 is 4.90 Å². The fourth-order valence-electron chi connectivity index (χ4n) is 4.50. The average Bonchev–Trinajstić information content (AvgIpc) is 2.93. The van der Waals surface area contributed by atoms with E-state index in [1.54, 1.807) is 0 Å². The largest absolute Gasteiger partial charge is 0.311 e. The molecule has 0 heterocycles. The summed E-state index contributed by atoms with van der Waals surface area (Å²) < 4.78 is 0. The summed E-state index contributed by atoms with van der Waals surface area (Å²) in [6.07, 6.45) is 5.48. The molecule has 1 atom stereocenters. The molecule has 0 aromatic heterocycles. The minimum atomic E-state index is 0.133. The summed E-state index contributed by atoms with van der Waals surface area (Å²) in [5.41, 5.74) is 8.80. The highest BCUT2D eigenvalue weighted by Crippen LogP contribution is 2.38. The zero-order valence-electron chi connectivity index (χ0n) is 23.3. The standard InChI is InChI=1S/C36H41N/c1-7-28(4)31-17-23-34(24-18-31)37(35-25-19-32(20-26-35)36(5,6)27(2)3)33-21-15-30(16-22-33)14-13-29-11-9-8-10-12-29/h8-28H,7H2,1-6H3. The van der Waals surface area contributed by atoms with E-state index in [1.807, 2.05) is 6.07 Å². The molecule has 0 saturated heterocycles. The predicted molar refractivity (Wildman–Crippen MR) is 163 cm³/mol. The van der Waals surface area contributed by atoms with Gasteiger partial charge in [0.2, 0.25) is 0 Å². The Labute approximate surface area is 224 Å². The normalized spacial score (nSPS) is 12.7. The first-order chi connectivity index (χ1) is 17.8. The number of hydrogen-bond acceptors (Lipinski definition) is 1. The lowest BCUT2D eigenvalue weighted by molar-refractivity contribution is 0.372. The summed E-state index contributed by atoms with van der Waals surface area (Å²) in [6, 6.07) is 37.5. The molecule has 1 unspecified atom stereocenters. The Morgan fingerprint density at radius 1 is 0.622 bits per heavy atom. The minimum absolute atomic E-state index is 0.133. The van der Waals surface area contributed by atoms with Crippen molar-refractivity contribution in [3.8, 4) is 0 Å². The highest BCUT2D eigenvalue weighted by molar-refractivity contribution is 5.78. The Morgan fingerprint density at radius 3 is 1.57 bits per heavy atom. The van der Waals surface area contributed by atoms with Crippen molar-refractivity contribution in [2.45, 2.75) is 59.3 Å². The van der Waals surface area contributed by atoms with E-state index in [0.29, 0.717) is 11.8 Å². The molecule has 0 amide bonds. The van der Waals surface area contributed by atoms with Gasteiger partial charge in [0, 0.05) is 17.1 Å². The van der Waals surface area contributed by atoms with Crippen LogP contribution in [0.2, 0.25) is 0 Å². The molecule has 4 rings (SSSR count). The number of hydrogen-bond donors (Lipinski definition) is 0. The molecule has 0 aliphatic heterocycles. The second-order valence-corrected chi connectivity index (χ2v) is 11.0. The van der Waals surface area contributed by atoms with Crippen LogP contribution >= 0.6 is 0 Å². The van der Waals surface area contributed by atoms with E-state index in [9.17, 15) is 0 Å². The molecule has 0 N–H and O–H groups in total. The van der Waals surface area contributed by atoms with E-state index in [0.717, 1.165) is 12.1 Å². The molecule has 1 heteroatoms. The average molecular weight is 488 g/mol. The third kappa shape index (κ3) is 6.23. The molecule has 0 aliphatic rings. The maximum atomic E-state index is 2.36. The topological polar surface area (TPSA) is 3.24 Å². The van der Waals surface area contributed by atoms with E-state index >= 15 is 0 Å². The van der Waals surface area contributed by atoms with Crippen LogP contribution in [0.3, 0.4) is 0 Å². The molecule has 0 radical (unpaired) electrons. The second kappa shape index (κ2) is 11.6. The molecular weight excluding hydrogens is 446 g/mol. The van der Waals surface area contributed by atoms with Gasteiger partial charge >= 0.3 is 0 Å². The van der Waals surface area contributed by atoms with Crippen molar-refractivity contribution in [1.29, 1.82) is 0 Å². The predicted octanol–water partition coefficient (Wildman–Crippen LogP) is 10.8. The van der Waals surface area contributed by atoms with Crippen molar-refractivity contribution in [1.82, 2.24) is 0 Å². The number of benzene rings is 4. The molecule has 0 saturated carbocycles. The summed E-state index contributed by atoms with van der Waals surface area (Å²) in [6.45, 7) is 13.8. The molecule has 1 nitrogen and oxygen atoms in total. The van der Waals surface area contributed by atoms with Crippen LogP contribution in [0.25, 0.3) is 12.2 Å². The van der Waals surface area contributed by atoms with Gasteiger partial charge in [0.1, 0.15) is 0 Å². The van der Waals surface area contributed by atoms with Crippen LogP contribution in [0, 0.1) is 5.92 Å². The van der Waals surface area contributed by atoms with Crippen LogP contribution in [-0.2, 0) is 5.41 Å². The lowest BCUT2D eigenvalue weighted by atomic mass is 9.75. The van der Waals surface area contributed by atoms with E-state index in [2.05, 4.69) is 156 Å². The van der Waals surface area contributed by atoms with Gasteiger partial charge in [-0.2, -0.15) is 0 Å². The molecule has 4 aromatic carbocycles. The Morgan fingerprint density at radius 2 is 1.08 bits per heavy atom. The smallest absolute Gasteiger partial charge is 0.0462 e. The fourth-order valence-corrected chi connectivity index (χ4v) is 4.50. The van der Waals surface area contributed by atoms with E-state index in [-0.39, 0.29) is 5.41 Å². The summed E-state index contributed by atoms with van der Waals surface area (Å²) in [7, 11) is 0. The van der Waals surface area contributed by atoms with Gasteiger partial charge in [0.25, 0.3) is 0 Å². The number of nitrogens with zero attached hydrogens (tertiary/aromatic N) is 1. The lowest BCUT2D eigenvalue weighted by Gasteiger charge is -2.31. The first kappa shape index (κ1) is 26.5. The Hall–Kier alpha value is -3.58. The minimum Gasteiger partial charge on any atom is -0.311 e. The maximum Gasteiger partial charge on any atom is 0.0462 e. The van der Waals surface area contributed by atoms with Gasteiger partial charge < -0.3 is 4.90 Å². The van der Waals surface area contributed by atoms with Crippen LogP contribution in [0.5, 0.6) is 0 Å². The number of anilines is 3. The summed E-state index contributed by atoms with van der Waals surface area (Å²) in [5, 5.41) is 0. The monoisotopic (exact) mass is 487 g/mol. The van der Waals surface area contributed by atoms with E-state index < -0.39 is 0 Å². The van der Waals surface area contributed by atoms with Crippen molar-refractivity contribution in [2.75, 3.05) is 4.90 Å². The lowest BCUT2D eigenvalue weighted by Crippen LogP contribution is -2.24. The Balaban J connectivity index is 1.69. The van der Waals surface area contributed by atoms with Crippen LogP contribution in [-0.4, -0.2) is 0 Å². The summed E-state index contributed by atoms with van der Waals surface area (Å²) >= 11 is 0. The van der Waals surface area contributed by atoms with Crippen molar-refractivity contribution >= 4 is 29.2 Å². The van der Waals surface area contributed by atoms with Crippen molar-refractivity contribution in [3.63, 3.8) is 0 Å². The zero-order chi connectivity index (χ0) is 26.4. The summed E-state index contributed by atoms with van der Waals surface area (Å²) in [5.74, 6) is 1.13. The van der Waals surface area contributed by atoms with Gasteiger partial charge in [-0.1, -0.05) is 120 Å². The third-order valence-electron chi connectivity index (χ3n) is 8.06. The molecule has 37 heavy (non-hydrogen) atoms. The van der Waals surface area contributed by atoms with Crippen LogP contribution in [0.1, 0.15) is 76.1 Å². The highest BCUT2D eigenvalue weighted by atomic mass is 15.1. The van der Waals surface area contributed by atoms with Gasteiger partial charge in [0.05, 0.1) is 0 Å². The van der Waals surface area contributed by atoms with Gasteiger partial charge in [-0.15, -0.1) is 0 Å². The molecule has 0 fully saturated rings. The van der Waals surface area contributed by atoms with E-state index in [1.165, 1.54) is 33.6 Å². The first-order valence-corrected chi connectivity index (χ1v) is 13.6. The van der Waals surface area contributed by atoms with Crippen molar-refractivity contribution in [3.05, 3.63) is 125 Å². The maximum absolute atomic E-state index is 2.36. The first-order valence-electron chi connectivity index (χ1n) is 13.6. The van der Waals surface area contributed by atoms with Gasteiger partial charge in [-0.3, -0.25) is 0 Å². The molecule has 0 bridgehead atoms. The quantitative estimate of drug-likeness (QED) is 0.212. The molecule has 0 spiro atoms. The highest BCUT2D eigenvalue weighted by Gasteiger charge is 2.25. The second-order valence-electron chi connectivity index (χ2n) is 11.0. The van der Waals surface area contributed by atoms with Crippen molar-refractivity contribution in [2.24, 2.45) is 5.92 Å². The molecule has 190 valence electrons. The Kier molecular flexibility index (Phi) is 8.34. The Bertz CT molecular complexity index is 1280. The summed E-state index contributed by atoms with van der Waals surface area (Å²) in [4.78, 5) is 2.36. The third-order valence-corrected chi connectivity index (χ3v) is 8.06. The fraction of sp³-hybridized carbons (Fsp3) is 0.278. The van der Waals surface area contributed by atoms with Crippen LogP contribution in [0.15, 0.2) is 103 Å². The van der Waals surface area contributed by atoms with Crippen molar-refractivity contribution < 1.29 is 0 Å². The molecule has 0 aliphatic carbocycles. The van der Waals surface area contributed by atoms with Gasteiger partial charge in [-0.25, -0.2) is 0 Å². The van der Waals surface area contributed by atoms with E-state index in [4.69, 9.17) is 0 Å². The SMILES string of the molecule is CCC(C)c1ccc(N(c2ccc(C=Cc3ccccc3)cc2)c2ccc(C(C)(C)C(C)C)cc2)cc1.